The number of carbonyl (C=O) groups excluding carboxylic acids is 2. The van der Waals surface area contributed by atoms with Crippen molar-refractivity contribution in [1.82, 2.24) is 10.3 Å². The predicted molar refractivity (Wildman–Crippen MR) is 122 cm³/mol. The van der Waals surface area contributed by atoms with Gasteiger partial charge >= 0.3 is 6.18 Å². The van der Waals surface area contributed by atoms with Crippen LogP contribution in [0.2, 0.25) is 0 Å². The SMILES string of the molecule is O=C(NNc1ccc(C(F)(F)F)cc1[N+](=O)[O-])C1CCN(C(=O)c2cccc3ccccc23)CC1. The van der Waals surface area contributed by atoms with E-state index in [9.17, 15) is 32.9 Å². The predicted octanol–water partition coefficient (Wildman–Crippen LogP) is 4.76. The summed E-state index contributed by atoms with van der Waals surface area (Å²) in [6, 6.07) is 15.1. The number of nitrogens with zero attached hydrogens (tertiary/aromatic N) is 2. The summed E-state index contributed by atoms with van der Waals surface area (Å²) >= 11 is 0. The standard InChI is InChI=1S/C24H21F3N4O4/c25-24(26,27)17-8-9-20(21(14-17)31(34)35)28-29-22(32)16-10-12-30(13-11-16)23(33)19-7-3-5-15-4-1-2-6-18(15)19/h1-9,14,16,28H,10-13H2,(H,29,32). The molecule has 1 heterocycles. The summed E-state index contributed by atoms with van der Waals surface area (Å²) in [5.41, 5.74) is 3.05. The lowest BCUT2D eigenvalue weighted by molar-refractivity contribution is -0.384. The zero-order valence-corrected chi connectivity index (χ0v) is 18.3. The molecule has 4 rings (SSSR count). The number of amides is 2. The number of likely N-dealkylation sites (tertiary alicyclic amines) is 1. The smallest absolute Gasteiger partial charge is 0.339 e. The number of carbonyl (C=O) groups is 2. The van der Waals surface area contributed by atoms with E-state index >= 15 is 0 Å². The Balaban J connectivity index is 1.37. The van der Waals surface area contributed by atoms with Crippen molar-refractivity contribution in [1.29, 1.82) is 0 Å². The molecule has 0 atom stereocenters. The molecule has 0 radical (unpaired) electrons. The Morgan fingerprint density at radius 2 is 1.69 bits per heavy atom. The lowest BCUT2D eigenvalue weighted by Crippen LogP contribution is -2.44. The monoisotopic (exact) mass is 486 g/mol. The van der Waals surface area contributed by atoms with Gasteiger partial charge in [-0.3, -0.25) is 30.6 Å². The molecule has 1 fully saturated rings. The van der Waals surface area contributed by atoms with E-state index in [0.717, 1.165) is 16.8 Å². The molecule has 3 aromatic rings. The minimum Gasteiger partial charge on any atom is -0.339 e. The quantitative estimate of drug-likeness (QED) is 0.400. The molecular weight excluding hydrogens is 465 g/mol. The van der Waals surface area contributed by atoms with Gasteiger partial charge in [-0.2, -0.15) is 13.2 Å². The molecular formula is C24H21F3N4O4. The highest BCUT2D eigenvalue weighted by atomic mass is 19.4. The van der Waals surface area contributed by atoms with Gasteiger partial charge in [-0.15, -0.1) is 0 Å². The highest BCUT2D eigenvalue weighted by Crippen LogP contribution is 2.34. The molecule has 1 aliphatic rings. The van der Waals surface area contributed by atoms with E-state index in [0.29, 0.717) is 43.6 Å². The van der Waals surface area contributed by atoms with Crippen LogP contribution in [0.3, 0.4) is 0 Å². The van der Waals surface area contributed by atoms with Crippen LogP contribution < -0.4 is 10.9 Å². The number of hydrogen-bond acceptors (Lipinski definition) is 5. The fraction of sp³-hybridized carbons (Fsp3) is 0.250. The van der Waals surface area contributed by atoms with Gasteiger partial charge in [0.1, 0.15) is 5.69 Å². The zero-order valence-electron chi connectivity index (χ0n) is 18.3. The van der Waals surface area contributed by atoms with Crippen LogP contribution in [0.1, 0.15) is 28.8 Å². The molecule has 0 saturated carbocycles. The highest BCUT2D eigenvalue weighted by Gasteiger charge is 2.33. The Morgan fingerprint density at radius 1 is 1.00 bits per heavy atom. The Bertz CT molecular complexity index is 1280. The van der Waals surface area contributed by atoms with E-state index in [-0.39, 0.29) is 11.6 Å². The Hall–Kier alpha value is -4.15. The summed E-state index contributed by atoms with van der Waals surface area (Å²) in [5, 5.41) is 13.0. The number of nitro groups is 1. The topological polar surface area (TPSA) is 105 Å². The summed E-state index contributed by atoms with van der Waals surface area (Å²) in [6.45, 7) is 0.696. The number of alkyl halides is 3. The van der Waals surface area contributed by atoms with Crippen molar-refractivity contribution in [3.8, 4) is 0 Å². The van der Waals surface area contributed by atoms with Crippen molar-refractivity contribution in [3.05, 3.63) is 81.9 Å². The zero-order chi connectivity index (χ0) is 25.2. The molecule has 0 spiro atoms. The van der Waals surface area contributed by atoms with Gasteiger partial charge in [-0.05, 0) is 41.8 Å². The van der Waals surface area contributed by atoms with Crippen molar-refractivity contribution in [2.45, 2.75) is 19.0 Å². The van der Waals surface area contributed by atoms with E-state index in [2.05, 4.69) is 10.9 Å². The number of piperidine rings is 1. The Kier molecular flexibility index (Phi) is 6.59. The largest absolute Gasteiger partial charge is 0.416 e. The minimum atomic E-state index is -4.73. The second kappa shape index (κ2) is 9.61. The minimum absolute atomic E-state index is 0.126. The van der Waals surface area contributed by atoms with E-state index in [1.54, 1.807) is 11.0 Å². The summed E-state index contributed by atoms with van der Waals surface area (Å²) in [5.74, 6) is -1.05. The number of halogens is 3. The molecule has 3 aromatic carbocycles. The van der Waals surface area contributed by atoms with Crippen LogP contribution in [0.15, 0.2) is 60.7 Å². The average Bonchev–Trinajstić information content (AvgIpc) is 2.85. The lowest BCUT2D eigenvalue weighted by atomic mass is 9.95. The first-order valence-electron chi connectivity index (χ1n) is 10.8. The molecule has 0 aromatic heterocycles. The molecule has 8 nitrogen and oxygen atoms in total. The van der Waals surface area contributed by atoms with E-state index in [1.165, 1.54) is 0 Å². The van der Waals surface area contributed by atoms with Crippen molar-refractivity contribution in [2.24, 2.45) is 5.92 Å². The van der Waals surface area contributed by atoms with Crippen LogP contribution in [0.4, 0.5) is 24.5 Å². The van der Waals surface area contributed by atoms with Gasteiger partial charge in [-0.25, -0.2) is 0 Å². The first-order chi connectivity index (χ1) is 16.6. The van der Waals surface area contributed by atoms with Crippen LogP contribution in [-0.4, -0.2) is 34.7 Å². The summed E-state index contributed by atoms with van der Waals surface area (Å²) < 4.78 is 38.6. The van der Waals surface area contributed by atoms with Gasteiger partial charge in [-0.1, -0.05) is 36.4 Å². The Morgan fingerprint density at radius 3 is 2.37 bits per heavy atom. The van der Waals surface area contributed by atoms with Gasteiger partial charge < -0.3 is 4.90 Å². The number of hydrogen-bond donors (Lipinski definition) is 2. The molecule has 11 heteroatoms. The number of hydrazine groups is 1. The van der Waals surface area contributed by atoms with Gasteiger partial charge in [0.2, 0.25) is 5.91 Å². The fourth-order valence-electron chi connectivity index (χ4n) is 4.12. The number of nitro benzene ring substituents is 1. The van der Waals surface area contributed by atoms with Crippen LogP contribution in [-0.2, 0) is 11.0 Å². The number of fused-ring (bicyclic) bond motifs is 1. The molecule has 0 bridgehead atoms. The first kappa shape index (κ1) is 24.0. The highest BCUT2D eigenvalue weighted by molar-refractivity contribution is 6.07. The third-order valence-electron chi connectivity index (χ3n) is 6.02. The molecule has 182 valence electrons. The van der Waals surface area contributed by atoms with Crippen molar-refractivity contribution < 1.29 is 27.7 Å². The van der Waals surface area contributed by atoms with Crippen LogP contribution in [0, 0.1) is 16.0 Å². The fourth-order valence-corrected chi connectivity index (χ4v) is 4.12. The average molecular weight is 486 g/mol. The maximum absolute atomic E-state index is 13.1. The summed E-state index contributed by atoms with van der Waals surface area (Å²) in [4.78, 5) is 37.6. The van der Waals surface area contributed by atoms with Gasteiger partial charge in [0.15, 0.2) is 0 Å². The van der Waals surface area contributed by atoms with E-state index in [4.69, 9.17) is 0 Å². The maximum Gasteiger partial charge on any atom is 0.416 e. The second-order valence-corrected chi connectivity index (χ2v) is 8.19. The van der Waals surface area contributed by atoms with Gasteiger partial charge in [0.25, 0.3) is 11.6 Å². The Labute approximate surface area is 197 Å². The van der Waals surface area contributed by atoms with E-state index in [1.807, 2.05) is 36.4 Å². The van der Waals surface area contributed by atoms with Crippen molar-refractivity contribution >= 4 is 34.0 Å². The maximum atomic E-state index is 13.1. The second-order valence-electron chi connectivity index (χ2n) is 8.19. The van der Waals surface area contributed by atoms with Crippen LogP contribution >= 0.6 is 0 Å². The molecule has 0 aliphatic carbocycles. The third-order valence-corrected chi connectivity index (χ3v) is 6.02. The number of nitrogens with one attached hydrogen (secondary N) is 2. The number of rotatable bonds is 5. The summed E-state index contributed by atoms with van der Waals surface area (Å²) in [7, 11) is 0. The molecule has 0 unspecified atom stereocenters. The number of benzene rings is 3. The molecule has 1 aliphatic heterocycles. The van der Waals surface area contributed by atoms with E-state index < -0.39 is 34.2 Å². The lowest BCUT2D eigenvalue weighted by Gasteiger charge is -2.31. The van der Waals surface area contributed by atoms with Gasteiger partial charge in [0, 0.05) is 30.6 Å². The normalized spacial score (nSPS) is 14.5. The number of anilines is 1. The molecule has 2 amide bonds. The van der Waals surface area contributed by atoms with Crippen molar-refractivity contribution in [2.75, 3.05) is 18.5 Å². The molecule has 2 N–H and O–H groups in total. The first-order valence-corrected chi connectivity index (χ1v) is 10.8. The van der Waals surface area contributed by atoms with Crippen LogP contribution in [0.5, 0.6) is 0 Å². The summed E-state index contributed by atoms with van der Waals surface area (Å²) in [6.07, 6.45) is -3.98. The molecule has 1 saturated heterocycles. The molecule has 35 heavy (non-hydrogen) atoms. The third kappa shape index (κ3) is 5.18. The van der Waals surface area contributed by atoms with Gasteiger partial charge in [0.05, 0.1) is 10.5 Å². The van der Waals surface area contributed by atoms with Crippen molar-refractivity contribution in [3.63, 3.8) is 0 Å². The van der Waals surface area contributed by atoms with Crippen LogP contribution in [0.25, 0.3) is 10.8 Å².